The summed E-state index contributed by atoms with van der Waals surface area (Å²) in [7, 11) is -2.04. The van der Waals surface area contributed by atoms with Gasteiger partial charge in [-0.3, -0.25) is 4.31 Å². The Hall–Kier alpha value is -1.85. The van der Waals surface area contributed by atoms with E-state index in [4.69, 9.17) is 5.73 Å². The van der Waals surface area contributed by atoms with Crippen LogP contribution in [0.5, 0.6) is 0 Å². The van der Waals surface area contributed by atoms with Crippen molar-refractivity contribution in [3.63, 3.8) is 0 Å². The number of anilines is 1. The number of para-hydroxylation sites is 1. The number of benzene rings is 2. The van der Waals surface area contributed by atoms with Crippen LogP contribution >= 0.6 is 0 Å². The molecule has 0 saturated heterocycles. The van der Waals surface area contributed by atoms with Crippen molar-refractivity contribution in [1.29, 1.82) is 0 Å². The van der Waals surface area contributed by atoms with Gasteiger partial charge in [-0.25, -0.2) is 8.42 Å². The minimum absolute atomic E-state index is 0.295. The first kappa shape index (κ1) is 15.5. The highest BCUT2D eigenvalue weighted by Gasteiger charge is 2.24. The van der Waals surface area contributed by atoms with Crippen molar-refractivity contribution in [2.24, 2.45) is 5.73 Å². The van der Waals surface area contributed by atoms with Gasteiger partial charge < -0.3 is 5.73 Å². The number of nitrogens with zero attached hydrogens (tertiary/aromatic N) is 1. The fourth-order valence-electron chi connectivity index (χ4n) is 2.36. The van der Waals surface area contributed by atoms with Crippen LogP contribution in [0.2, 0.25) is 0 Å². The van der Waals surface area contributed by atoms with E-state index in [1.807, 2.05) is 44.2 Å². The van der Waals surface area contributed by atoms with E-state index in [1.165, 1.54) is 4.31 Å². The molecule has 0 aliphatic rings. The monoisotopic (exact) mass is 304 g/mol. The fraction of sp³-hybridized carbons (Fsp3) is 0.250. The van der Waals surface area contributed by atoms with E-state index in [-0.39, 0.29) is 0 Å². The second kappa shape index (κ2) is 5.87. The molecule has 2 aromatic carbocycles. The Labute approximate surface area is 126 Å². The Balaban J connectivity index is 2.53. The van der Waals surface area contributed by atoms with Gasteiger partial charge in [0.1, 0.15) is 0 Å². The van der Waals surface area contributed by atoms with Crippen molar-refractivity contribution in [2.75, 3.05) is 11.4 Å². The highest BCUT2D eigenvalue weighted by Crippen LogP contribution is 2.27. The summed E-state index contributed by atoms with van der Waals surface area (Å²) in [6.45, 7) is 4.04. The maximum absolute atomic E-state index is 12.8. The molecule has 0 spiro atoms. The molecule has 0 radical (unpaired) electrons. The van der Waals surface area contributed by atoms with Crippen LogP contribution in [-0.2, 0) is 16.6 Å². The molecule has 0 amide bonds. The van der Waals surface area contributed by atoms with Crippen molar-refractivity contribution in [3.8, 4) is 0 Å². The van der Waals surface area contributed by atoms with Crippen LogP contribution in [0.25, 0.3) is 0 Å². The first-order chi connectivity index (χ1) is 9.87. The van der Waals surface area contributed by atoms with Crippen LogP contribution < -0.4 is 10.0 Å². The molecular formula is C16H20N2O2S. The third-order valence-corrected chi connectivity index (χ3v) is 5.45. The van der Waals surface area contributed by atoms with E-state index in [0.717, 1.165) is 16.7 Å². The molecule has 0 unspecified atom stereocenters. The summed E-state index contributed by atoms with van der Waals surface area (Å²) in [6.07, 6.45) is 0. The van der Waals surface area contributed by atoms with Crippen molar-refractivity contribution in [1.82, 2.24) is 0 Å². The zero-order valence-corrected chi connectivity index (χ0v) is 13.3. The minimum atomic E-state index is -3.59. The third-order valence-electron chi connectivity index (χ3n) is 3.52. The summed E-state index contributed by atoms with van der Waals surface area (Å²) in [5, 5.41) is 0. The number of aryl methyl sites for hydroxylation is 2. The van der Waals surface area contributed by atoms with Gasteiger partial charge in [-0.05, 0) is 37.1 Å². The number of sulfonamides is 1. The normalized spacial score (nSPS) is 11.4. The van der Waals surface area contributed by atoms with Crippen LogP contribution in [-0.4, -0.2) is 15.5 Å². The average Bonchev–Trinajstić information content (AvgIpc) is 2.46. The van der Waals surface area contributed by atoms with Gasteiger partial charge in [0.05, 0.1) is 10.6 Å². The van der Waals surface area contributed by atoms with Crippen LogP contribution in [0.4, 0.5) is 5.69 Å². The zero-order chi connectivity index (χ0) is 15.6. The minimum Gasteiger partial charge on any atom is -0.326 e. The predicted octanol–water partition coefficient (Wildman–Crippen LogP) is 2.59. The van der Waals surface area contributed by atoms with Crippen LogP contribution in [0.3, 0.4) is 0 Å². The average molecular weight is 304 g/mol. The molecule has 112 valence electrons. The second-order valence-electron chi connectivity index (χ2n) is 5.07. The third kappa shape index (κ3) is 2.94. The lowest BCUT2D eigenvalue weighted by Gasteiger charge is -2.23. The van der Waals surface area contributed by atoms with Crippen LogP contribution in [0.15, 0.2) is 47.4 Å². The summed E-state index contributed by atoms with van der Waals surface area (Å²) in [5.41, 5.74) is 8.89. The molecule has 0 aliphatic heterocycles. The first-order valence-corrected chi connectivity index (χ1v) is 8.16. The molecule has 4 nitrogen and oxygen atoms in total. The fourth-order valence-corrected chi connectivity index (χ4v) is 3.79. The second-order valence-corrected chi connectivity index (χ2v) is 7.01. The standard InChI is InChI=1S/C16H20N2O2S/c1-12-8-9-16(13(2)10-12)21(19,20)18(3)15-7-5-4-6-14(15)11-17/h4-10H,11,17H2,1-3H3. The smallest absolute Gasteiger partial charge is 0.264 e. The van der Waals surface area contributed by atoms with Gasteiger partial charge in [-0.1, -0.05) is 35.9 Å². The predicted molar refractivity (Wildman–Crippen MR) is 85.8 cm³/mol. The summed E-state index contributed by atoms with van der Waals surface area (Å²) in [4.78, 5) is 0.322. The van der Waals surface area contributed by atoms with Gasteiger partial charge in [0.15, 0.2) is 0 Å². The first-order valence-electron chi connectivity index (χ1n) is 6.72. The molecule has 0 heterocycles. The molecule has 5 heteroatoms. The maximum atomic E-state index is 12.8. The van der Waals surface area contributed by atoms with Crippen molar-refractivity contribution in [3.05, 3.63) is 59.2 Å². The van der Waals surface area contributed by atoms with Crippen LogP contribution in [0, 0.1) is 13.8 Å². The number of hydrogen-bond donors (Lipinski definition) is 1. The Morgan fingerprint density at radius 1 is 1.10 bits per heavy atom. The molecule has 2 rings (SSSR count). The Kier molecular flexibility index (Phi) is 4.34. The maximum Gasteiger partial charge on any atom is 0.264 e. The van der Waals surface area contributed by atoms with E-state index < -0.39 is 10.0 Å². The summed E-state index contributed by atoms with van der Waals surface area (Å²) in [5.74, 6) is 0. The van der Waals surface area contributed by atoms with Crippen molar-refractivity contribution < 1.29 is 8.42 Å². The van der Waals surface area contributed by atoms with E-state index in [1.54, 1.807) is 19.2 Å². The molecule has 21 heavy (non-hydrogen) atoms. The number of rotatable bonds is 4. The lowest BCUT2D eigenvalue weighted by molar-refractivity contribution is 0.593. The molecule has 0 aromatic heterocycles. The van der Waals surface area contributed by atoms with E-state index >= 15 is 0 Å². The molecular weight excluding hydrogens is 284 g/mol. The number of nitrogens with two attached hydrogens (primary N) is 1. The lowest BCUT2D eigenvalue weighted by atomic mass is 10.2. The molecule has 0 bridgehead atoms. The van der Waals surface area contributed by atoms with Crippen molar-refractivity contribution in [2.45, 2.75) is 25.3 Å². The molecule has 2 aromatic rings. The Bertz CT molecular complexity index is 755. The summed E-state index contributed by atoms with van der Waals surface area (Å²) >= 11 is 0. The van der Waals surface area contributed by atoms with Gasteiger partial charge in [0.2, 0.25) is 0 Å². The van der Waals surface area contributed by atoms with Gasteiger partial charge in [0.25, 0.3) is 10.0 Å². The summed E-state index contributed by atoms with van der Waals surface area (Å²) < 4.78 is 26.9. The Morgan fingerprint density at radius 2 is 1.76 bits per heavy atom. The quantitative estimate of drug-likeness (QED) is 0.944. The topological polar surface area (TPSA) is 63.4 Å². The van der Waals surface area contributed by atoms with Gasteiger partial charge in [-0.15, -0.1) is 0 Å². The summed E-state index contributed by atoms with van der Waals surface area (Å²) in [6, 6.07) is 12.6. The van der Waals surface area contributed by atoms with E-state index in [9.17, 15) is 8.42 Å². The molecule has 0 saturated carbocycles. The Morgan fingerprint density at radius 3 is 2.38 bits per heavy atom. The van der Waals surface area contributed by atoms with Crippen molar-refractivity contribution >= 4 is 15.7 Å². The largest absolute Gasteiger partial charge is 0.326 e. The molecule has 0 atom stereocenters. The molecule has 0 fully saturated rings. The SMILES string of the molecule is Cc1ccc(S(=O)(=O)N(C)c2ccccc2CN)c(C)c1. The zero-order valence-electron chi connectivity index (χ0n) is 12.5. The van der Waals surface area contributed by atoms with E-state index in [2.05, 4.69) is 0 Å². The van der Waals surface area contributed by atoms with Gasteiger partial charge in [-0.2, -0.15) is 0 Å². The lowest BCUT2D eigenvalue weighted by Crippen LogP contribution is -2.28. The van der Waals surface area contributed by atoms with Gasteiger partial charge in [0, 0.05) is 13.6 Å². The van der Waals surface area contributed by atoms with Gasteiger partial charge >= 0.3 is 0 Å². The molecule has 2 N–H and O–H groups in total. The number of hydrogen-bond acceptors (Lipinski definition) is 3. The van der Waals surface area contributed by atoms with E-state index in [0.29, 0.717) is 17.1 Å². The highest BCUT2D eigenvalue weighted by molar-refractivity contribution is 7.92. The van der Waals surface area contributed by atoms with Crippen LogP contribution in [0.1, 0.15) is 16.7 Å². The highest BCUT2D eigenvalue weighted by atomic mass is 32.2. The molecule has 0 aliphatic carbocycles.